The van der Waals surface area contributed by atoms with Crippen LogP contribution in [-0.4, -0.2) is 21.0 Å². The lowest BCUT2D eigenvalue weighted by atomic mass is 10.1. The Bertz CT molecular complexity index is 503. The zero-order chi connectivity index (χ0) is 14.4. The van der Waals surface area contributed by atoms with Crippen molar-refractivity contribution in [3.8, 4) is 0 Å². The molecule has 0 atom stereocenters. The van der Waals surface area contributed by atoms with Gasteiger partial charge < -0.3 is 5.32 Å². The van der Waals surface area contributed by atoms with Gasteiger partial charge in [-0.3, -0.25) is 0 Å². The molecule has 0 spiro atoms. The molecule has 0 unspecified atom stereocenters. The molecule has 5 heteroatoms. The molecule has 0 saturated heterocycles. The first kappa shape index (κ1) is 15.5. The van der Waals surface area contributed by atoms with E-state index in [-0.39, 0.29) is 4.90 Å². The topological polar surface area (TPSA) is 72.2 Å². The highest BCUT2D eigenvalue weighted by Crippen LogP contribution is 2.17. The Hall–Kier alpha value is -0.910. The van der Waals surface area contributed by atoms with Crippen molar-refractivity contribution in [1.82, 2.24) is 5.32 Å². The Morgan fingerprint density at radius 1 is 1.05 bits per heavy atom. The maximum Gasteiger partial charge on any atom is 0.238 e. The zero-order valence-corrected chi connectivity index (χ0v) is 12.7. The molecule has 1 aromatic rings. The SMILES string of the molecule is NS(=O)(=O)c1ccc(CCNC2CCCCCC2)cc1. The molecular formula is C15H24N2O2S. The monoisotopic (exact) mass is 296 g/mol. The van der Waals surface area contributed by atoms with Crippen LogP contribution in [0.15, 0.2) is 29.2 Å². The van der Waals surface area contributed by atoms with E-state index in [4.69, 9.17) is 5.14 Å². The van der Waals surface area contributed by atoms with Crippen LogP contribution in [0, 0.1) is 0 Å². The van der Waals surface area contributed by atoms with E-state index in [1.807, 2.05) is 12.1 Å². The third-order valence-electron chi connectivity index (χ3n) is 3.95. The molecule has 4 nitrogen and oxygen atoms in total. The van der Waals surface area contributed by atoms with Crippen LogP contribution < -0.4 is 10.5 Å². The first-order chi connectivity index (χ1) is 9.55. The van der Waals surface area contributed by atoms with Gasteiger partial charge in [0.1, 0.15) is 0 Å². The number of primary sulfonamides is 1. The fraction of sp³-hybridized carbons (Fsp3) is 0.600. The number of nitrogens with one attached hydrogen (secondary N) is 1. The molecule has 112 valence electrons. The Balaban J connectivity index is 1.79. The molecule has 1 fully saturated rings. The maximum absolute atomic E-state index is 11.2. The van der Waals surface area contributed by atoms with E-state index in [0.29, 0.717) is 6.04 Å². The number of sulfonamides is 1. The molecule has 0 radical (unpaired) electrons. The third kappa shape index (κ3) is 4.89. The fourth-order valence-electron chi connectivity index (χ4n) is 2.75. The molecule has 0 aromatic heterocycles. The molecule has 1 saturated carbocycles. The minimum Gasteiger partial charge on any atom is -0.314 e. The number of nitrogens with two attached hydrogens (primary N) is 1. The maximum atomic E-state index is 11.2. The van der Waals surface area contributed by atoms with Crippen LogP contribution in [0.1, 0.15) is 44.1 Å². The van der Waals surface area contributed by atoms with E-state index in [2.05, 4.69) is 5.32 Å². The predicted octanol–water partition coefficient (Wildman–Crippen LogP) is 2.19. The van der Waals surface area contributed by atoms with E-state index in [1.165, 1.54) is 38.5 Å². The van der Waals surface area contributed by atoms with Gasteiger partial charge in [-0.15, -0.1) is 0 Å². The van der Waals surface area contributed by atoms with E-state index >= 15 is 0 Å². The molecule has 1 aliphatic carbocycles. The largest absolute Gasteiger partial charge is 0.314 e. The third-order valence-corrected chi connectivity index (χ3v) is 4.88. The van der Waals surface area contributed by atoms with Gasteiger partial charge in [-0.1, -0.05) is 37.8 Å². The van der Waals surface area contributed by atoms with E-state index in [9.17, 15) is 8.42 Å². The fourth-order valence-corrected chi connectivity index (χ4v) is 3.27. The smallest absolute Gasteiger partial charge is 0.238 e. The highest BCUT2D eigenvalue weighted by atomic mass is 32.2. The summed E-state index contributed by atoms with van der Waals surface area (Å²) in [5, 5.41) is 8.69. The minimum atomic E-state index is -3.58. The number of hydrogen-bond donors (Lipinski definition) is 2. The molecule has 2 rings (SSSR count). The molecule has 3 N–H and O–H groups in total. The lowest BCUT2D eigenvalue weighted by Crippen LogP contribution is -2.30. The van der Waals surface area contributed by atoms with Crippen LogP contribution in [0.2, 0.25) is 0 Å². The average Bonchev–Trinajstić information content (AvgIpc) is 2.67. The Labute approximate surface area is 121 Å². The van der Waals surface area contributed by atoms with Gasteiger partial charge in [-0.05, 0) is 43.5 Å². The highest BCUT2D eigenvalue weighted by molar-refractivity contribution is 7.89. The Morgan fingerprint density at radius 2 is 1.65 bits per heavy atom. The van der Waals surface area contributed by atoms with Gasteiger partial charge in [-0.25, -0.2) is 13.6 Å². The molecule has 1 aromatic carbocycles. The van der Waals surface area contributed by atoms with Gasteiger partial charge >= 0.3 is 0 Å². The summed E-state index contributed by atoms with van der Waals surface area (Å²) in [7, 11) is -3.58. The van der Waals surface area contributed by atoms with Crippen molar-refractivity contribution in [2.75, 3.05) is 6.54 Å². The summed E-state index contributed by atoms with van der Waals surface area (Å²) in [6.45, 7) is 0.944. The molecule has 0 aliphatic heterocycles. The standard InChI is InChI=1S/C15H24N2O2S/c16-20(18,19)15-9-7-13(8-10-15)11-12-17-14-5-3-1-2-4-6-14/h7-10,14,17H,1-6,11-12H2,(H2,16,18,19). The van der Waals surface area contributed by atoms with Gasteiger partial charge in [0, 0.05) is 6.04 Å². The predicted molar refractivity (Wildman–Crippen MR) is 81.0 cm³/mol. The first-order valence-corrected chi connectivity index (χ1v) is 8.95. The molecule has 0 bridgehead atoms. The molecule has 0 heterocycles. The van der Waals surface area contributed by atoms with Crippen LogP contribution >= 0.6 is 0 Å². The van der Waals surface area contributed by atoms with Crippen molar-refractivity contribution >= 4 is 10.0 Å². The summed E-state index contributed by atoms with van der Waals surface area (Å²) < 4.78 is 22.3. The van der Waals surface area contributed by atoms with Crippen LogP contribution in [-0.2, 0) is 16.4 Å². The van der Waals surface area contributed by atoms with Crippen molar-refractivity contribution in [3.05, 3.63) is 29.8 Å². The van der Waals surface area contributed by atoms with Gasteiger partial charge in [0.15, 0.2) is 0 Å². The van der Waals surface area contributed by atoms with Crippen molar-refractivity contribution in [2.24, 2.45) is 5.14 Å². The number of benzene rings is 1. The number of hydrogen-bond acceptors (Lipinski definition) is 3. The number of rotatable bonds is 5. The van der Waals surface area contributed by atoms with Gasteiger partial charge in [0.05, 0.1) is 4.90 Å². The van der Waals surface area contributed by atoms with Crippen molar-refractivity contribution in [2.45, 2.75) is 55.9 Å². The minimum absolute atomic E-state index is 0.179. The molecular weight excluding hydrogens is 272 g/mol. The van der Waals surface area contributed by atoms with E-state index in [1.54, 1.807) is 12.1 Å². The lowest BCUT2D eigenvalue weighted by Gasteiger charge is -2.16. The van der Waals surface area contributed by atoms with Crippen LogP contribution in [0.3, 0.4) is 0 Å². The quantitative estimate of drug-likeness (QED) is 0.818. The van der Waals surface area contributed by atoms with E-state index < -0.39 is 10.0 Å². The van der Waals surface area contributed by atoms with Gasteiger partial charge in [0.2, 0.25) is 10.0 Å². The molecule has 0 amide bonds. The summed E-state index contributed by atoms with van der Waals surface area (Å²) in [6.07, 6.45) is 8.89. The second kappa shape index (κ2) is 7.20. The first-order valence-electron chi connectivity index (χ1n) is 7.41. The van der Waals surface area contributed by atoms with Crippen molar-refractivity contribution < 1.29 is 8.42 Å². The van der Waals surface area contributed by atoms with Gasteiger partial charge in [-0.2, -0.15) is 0 Å². The van der Waals surface area contributed by atoms with Gasteiger partial charge in [0.25, 0.3) is 0 Å². The lowest BCUT2D eigenvalue weighted by molar-refractivity contribution is 0.463. The summed E-state index contributed by atoms with van der Waals surface area (Å²) in [6, 6.07) is 7.50. The van der Waals surface area contributed by atoms with Crippen molar-refractivity contribution in [1.29, 1.82) is 0 Å². The second-order valence-corrected chi connectivity index (χ2v) is 7.14. The summed E-state index contributed by atoms with van der Waals surface area (Å²) in [4.78, 5) is 0.179. The Kier molecular flexibility index (Phi) is 5.57. The average molecular weight is 296 g/mol. The Morgan fingerprint density at radius 3 is 2.20 bits per heavy atom. The summed E-state index contributed by atoms with van der Waals surface area (Å²) in [5.41, 5.74) is 1.14. The summed E-state index contributed by atoms with van der Waals surface area (Å²) in [5.74, 6) is 0. The molecule has 1 aliphatic rings. The van der Waals surface area contributed by atoms with E-state index in [0.717, 1.165) is 18.5 Å². The van der Waals surface area contributed by atoms with Crippen molar-refractivity contribution in [3.63, 3.8) is 0 Å². The zero-order valence-electron chi connectivity index (χ0n) is 11.8. The summed E-state index contributed by atoms with van der Waals surface area (Å²) >= 11 is 0. The second-order valence-electron chi connectivity index (χ2n) is 5.58. The van der Waals surface area contributed by atoms with Crippen LogP contribution in [0.5, 0.6) is 0 Å². The normalized spacial score (nSPS) is 17.9. The van der Waals surface area contributed by atoms with Crippen LogP contribution in [0.4, 0.5) is 0 Å². The molecule has 20 heavy (non-hydrogen) atoms. The van der Waals surface area contributed by atoms with Crippen LogP contribution in [0.25, 0.3) is 0 Å². The highest BCUT2D eigenvalue weighted by Gasteiger charge is 2.11.